The molecule has 0 aromatic carbocycles. The second kappa shape index (κ2) is 19.7. The maximum absolute atomic E-state index is 11.3. The van der Waals surface area contributed by atoms with Crippen molar-refractivity contribution in [1.29, 1.82) is 0 Å². The zero-order chi connectivity index (χ0) is 16.3. The maximum atomic E-state index is 11.3. The van der Waals surface area contributed by atoms with Crippen LogP contribution in [0.4, 0.5) is 0 Å². The molecule has 21 heavy (non-hydrogen) atoms. The smallest absolute Gasteiger partial charge is 0.246 e. The molecule has 0 atom stereocenters. The van der Waals surface area contributed by atoms with Crippen molar-refractivity contribution in [3.05, 3.63) is 0 Å². The van der Waals surface area contributed by atoms with Crippen LogP contribution < -0.4 is 5.32 Å². The molecule has 0 unspecified atom stereocenters. The summed E-state index contributed by atoms with van der Waals surface area (Å²) in [5, 5.41) is 2.67. The summed E-state index contributed by atoms with van der Waals surface area (Å²) in [6, 6.07) is 0. The molecule has 0 heterocycles. The van der Waals surface area contributed by atoms with Crippen molar-refractivity contribution in [1.82, 2.24) is 5.32 Å². The van der Waals surface area contributed by atoms with Gasteiger partial charge in [-0.1, -0.05) is 68.0 Å². The SMILES string of the molecule is CC.CCSSCOCCOCC(=O)NCC#CC(C)C. The Bertz CT molecular complexity index is 288. The quantitative estimate of drug-likeness (QED) is 0.287. The molecule has 0 saturated heterocycles. The zero-order valence-corrected chi connectivity index (χ0v) is 15.5. The van der Waals surface area contributed by atoms with Gasteiger partial charge in [0.2, 0.25) is 5.91 Å². The van der Waals surface area contributed by atoms with E-state index < -0.39 is 0 Å². The molecule has 0 saturated carbocycles. The Labute approximate surface area is 137 Å². The van der Waals surface area contributed by atoms with Gasteiger partial charge in [-0.15, -0.1) is 0 Å². The van der Waals surface area contributed by atoms with E-state index in [1.54, 1.807) is 21.6 Å². The number of hydrogen-bond donors (Lipinski definition) is 1. The Hall–Kier alpha value is -0.350. The van der Waals surface area contributed by atoms with Crippen molar-refractivity contribution in [2.75, 3.05) is 38.1 Å². The lowest BCUT2D eigenvalue weighted by Gasteiger charge is -2.05. The molecule has 0 aliphatic carbocycles. The summed E-state index contributed by atoms with van der Waals surface area (Å²) in [6.07, 6.45) is 0. The zero-order valence-electron chi connectivity index (χ0n) is 13.9. The topological polar surface area (TPSA) is 47.6 Å². The summed E-state index contributed by atoms with van der Waals surface area (Å²) in [6.45, 7) is 11.5. The molecular formula is C15H29NO3S2. The van der Waals surface area contributed by atoms with Gasteiger partial charge in [0.15, 0.2) is 0 Å². The number of rotatable bonds is 10. The summed E-state index contributed by atoms with van der Waals surface area (Å²) in [5.41, 5.74) is 0. The van der Waals surface area contributed by atoms with E-state index in [1.165, 1.54) is 0 Å². The van der Waals surface area contributed by atoms with Crippen LogP contribution in [0.25, 0.3) is 0 Å². The molecule has 0 radical (unpaired) electrons. The van der Waals surface area contributed by atoms with Crippen molar-refractivity contribution >= 4 is 27.5 Å². The third kappa shape index (κ3) is 22.1. The van der Waals surface area contributed by atoms with E-state index in [4.69, 9.17) is 9.47 Å². The first kappa shape index (κ1) is 22.9. The minimum absolute atomic E-state index is 0.0591. The number of carbonyl (C=O) groups excluding carboxylic acids is 1. The Morgan fingerprint density at radius 3 is 2.48 bits per heavy atom. The van der Waals surface area contributed by atoms with Gasteiger partial charge in [-0.2, -0.15) is 0 Å². The number of amides is 1. The van der Waals surface area contributed by atoms with Crippen LogP contribution in [-0.4, -0.2) is 44.0 Å². The normalized spacial score (nSPS) is 9.43. The van der Waals surface area contributed by atoms with E-state index in [0.717, 1.165) is 5.75 Å². The summed E-state index contributed by atoms with van der Waals surface area (Å²) >= 11 is 0. The molecular weight excluding hydrogens is 306 g/mol. The Morgan fingerprint density at radius 1 is 1.19 bits per heavy atom. The molecule has 1 N–H and O–H groups in total. The highest BCUT2D eigenvalue weighted by Crippen LogP contribution is 2.19. The lowest BCUT2D eigenvalue weighted by Crippen LogP contribution is -2.28. The largest absolute Gasteiger partial charge is 0.369 e. The molecule has 0 aliphatic rings. The first-order chi connectivity index (χ1) is 10.2. The minimum atomic E-state index is -0.144. The van der Waals surface area contributed by atoms with Gasteiger partial charge in [0.05, 0.1) is 19.8 Å². The predicted molar refractivity (Wildman–Crippen MR) is 94.3 cm³/mol. The number of nitrogens with one attached hydrogen (secondary N) is 1. The van der Waals surface area contributed by atoms with Gasteiger partial charge in [-0.05, 0) is 0 Å². The molecule has 0 rings (SSSR count). The van der Waals surface area contributed by atoms with Gasteiger partial charge in [-0.3, -0.25) is 4.79 Å². The van der Waals surface area contributed by atoms with Gasteiger partial charge in [0, 0.05) is 11.7 Å². The molecule has 0 spiro atoms. The van der Waals surface area contributed by atoms with Crippen molar-refractivity contribution < 1.29 is 14.3 Å². The lowest BCUT2D eigenvalue weighted by atomic mass is 10.2. The summed E-state index contributed by atoms with van der Waals surface area (Å²) < 4.78 is 10.5. The van der Waals surface area contributed by atoms with E-state index in [0.29, 0.717) is 31.6 Å². The van der Waals surface area contributed by atoms with E-state index in [-0.39, 0.29) is 12.5 Å². The molecule has 0 aromatic rings. The Morgan fingerprint density at radius 2 is 1.86 bits per heavy atom. The van der Waals surface area contributed by atoms with E-state index in [2.05, 4.69) is 24.1 Å². The molecule has 1 amide bonds. The Kier molecular flexibility index (Phi) is 21.5. The average molecular weight is 336 g/mol. The average Bonchev–Trinajstić information content (AvgIpc) is 2.48. The van der Waals surface area contributed by atoms with Gasteiger partial charge in [0.1, 0.15) is 12.5 Å². The van der Waals surface area contributed by atoms with Crippen LogP contribution >= 0.6 is 21.6 Å². The Balaban J connectivity index is 0. The summed E-state index contributed by atoms with van der Waals surface area (Å²) in [7, 11) is 3.44. The highest BCUT2D eigenvalue weighted by atomic mass is 33.1. The number of hydrogen-bond acceptors (Lipinski definition) is 5. The number of ether oxygens (including phenoxy) is 2. The van der Waals surface area contributed by atoms with Gasteiger partial charge in [-0.25, -0.2) is 0 Å². The summed E-state index contributed by atoms with van der Waals surface area (Å²) in [5.74, 6) is 7.76. The lowest BCUT2D eigenvalue weighted by molar-refractivity contribution is -0.125. The molecule has 124 valence electrons. The van der Waals surface area contributed by atoms with Crippen LogP contribution in [-0.2, 0) is 14.3 Å². The monoisotopic (exact) mass is 335 g/mol. The second-order valence-electron chi connectivity index (χ2n) is 3.86. The molecule has 6 heteroatoms. The van der Waals surface area contributed by atoms with E-state index in [9.17, 15) is 4.79 Å². The molecule has 4 nitrogen and oxygen atoms in total. The van der Waals surface area contributed by atoms with Crippen molar-refractivity contribution in [3.8, 4) is 11.8 Å². The minimum Gasteiger partial charge on any atom is -0.369 e. The van der Waals surface area contributed by atoms with Gasteiger partial charge < -0.3 is 14.8 Å². The third-order valence-corrected chi connectivity index (χ3v) is 3.86. The fourth-order valence-electron chi connectivity index (χ4n) is 0.942. The second-order valence-corrected chi connectivity index (χ2v) is 6.55. The van der Waals surface area contributed by atoms with E-state index in [1.807, 2.05) is 27.7 Å². The maximum Gasteiger partial charge on any atom is 0.246 e. The van der Waals surface area contributed by atoms with E-state index >= 15 is 0 Å². The van der Waals surface area contributed by atoms with Crippen molar-refractivity contribution in [2.24, 2.45) is 5.92 Å². The fourth-order valence-corrected chi connectivity index (χ4v) is 2.27. The molecule has 0 bridgehead atoms. The molecule has 0 aliphatic heterocycles. The number of carbonyl (C=O) groups is 1. The van der Waals surface area contributed by atoms with Crippen LogP contribution in [0, 0.1) is 17.8 Å². The van der Waals surface area contributed by atoms with Crippen LogP contribution in [0.3, 0.4) is 0 Å². The third-order valence-electron chi connectivity index (χ3n) is 1.70. The van der Waals surface area contributed by atoms with Crippen LogP contribution in [0.2, 0.25) is 0 Å². The fraction of sp³-hybridized carbons (Fsp3) is 0.800. The first-order valence-electron chi connectivity index (χ1n) is 7.31. The first-order valence-corrected chi connectivity index (χ1v) is 9.80. The van der Waals surface area contributed by atoms with Crippen LogP contribution in [0.1, 0.15) is 34.6 Å². The van der Waals surface area contributed by atoms with Crippen LogP contribution in [0.15, 0.2) is 0 Å². The van der Waals surface area contributed by atoms with Crippen molar-refractivity contribution in [3.63, 3.8) is 0 Å². The predicted octanol–water partition coefficient (Wildman–Crippen LogP) is 3.18. The highest BCUT2D eigenvalue weighted by molar-refractivity contribution is 8.76. The van der Waals surface area contributed by atoms with Gasteiger partial charge in [0.25, 0.3) is 0 Å². The van der Waals surface area contributed by atoms with Crippen LogP contribution in [0.5, 0.6) is 0 Å². The summed E-state index contributed by atoms with van der Waals surface area (Å²) in [4.78, 5) is 11.3. The molecule has 0 aromatic heterocycles. The molecule has 0 fully saturated rings. The highest BCUT2D eigenvalue weighted by Gasteiger charge is 1.99. The van der Waals surface area contributed by atoms with Gasteiger partial charge >= 0.3 is 0 Å². The standard InChI is InChI=1S/C13H23NO3S2.C2H6/c1-4-18-19-11-17-9-8-16-10-13(15)14-7-5-6-12(2)3;1-2/h12H,4,7-11H2,1-3H3,(H,14,15);1-2H3. The van der Waals surface area contributed by atoms with Crippen molar-refractivity contribution in [2.45, 2.75) is 34.6 Å².